The molecule has 0 aromatic heterocycles. The quantitative estimate of drug-likeness (QED) is 0.0313. The molecule has 0 bridgehead atoms. The van der Waals surface area contributed by atoms with Gasteiger partial charge in [0, 0.05) is 6.42 Å². The number of nitrogens with two attached hydrogens (primary N) is 4. The number of phenolic OH excluding ortho intramolecular Hbond substituents is 1. The number of aliphatic carboxylic acids is 2. The zero-order valence-electron chi connectivity index (χ0n) is 45.9. The highest BCUT2D eigenvalue weighted by Gasteiger charge is 2.37. The van der Waals surface area contributed by atoms with Gasteiger partial charge in [0.1, 0.15) is 54.1 Å². The minimum absolute atomic E-state index is 0.0309. The van der Waals surface area contributed by atoms with E-state index in [1.807, 2.05) is 0 Å². The Morgan fingerprint density at radius 2 is 0.872 bits per heavy atom. The maximum Gasteiger partial charge on any atom is 0.326 e. The number of rotatable bonds is 37. The predicted octanol–water partition coefficient (Wildman–Crippen LogP) is -2.24. The summed E-state index contributed by atoms with van der Waals surface area (Å²) in [6.07, 6.45) is -1.84. The molecule has 78 heavy (non-hydrogen) atoms. The largest absolute Gasteiger partial charge is 0.508 e. The van der Waals surface area contributed by atoms with E-state index >= 15 is 0 Å². The summed E-state index contributed by atoms with van der Waals surface area (Å²) in [6, 6.07) is -7.46. The molecule has 1 rings (SSSR count). The smallest absolute Gasteiger partial charge is 0.326 e. The third kappa shape index (κ3) is 26.6. The molecule has 10 amide bonds. The number of carboxylic acid groups (broad SMARTS) is 2. The number of amides is 10. The van der Waals surface area contributed by atoms with Crippen LogP contribution in [-0.2, 0) is 64.0 Å². The van der Waals surface area contributed by atoms with Crippen molar-refractivity contribution in [3.8, 4) is 5.75 Å². The lowest BCUT2D eigenvalue weighted by Gasteiger charge is -2.29. The highest BCUT2D eigenvalue weighted by atomic mass is 16.4. The Morgan fingerprint density at radius 1 is 0.474 bits per heavy atom. The fourth-order valence-electron chi connectivity index (χ4n) is 7.88. The molecule has 1 aromatic rings. The van der Waals surface area contributed by atoms with Gasteiger partial charge < -0.3 is 80.8 Å². The van der Waals surface area contributed by atoms with Crippen LogP contribution in [0.1, 0.15) is 125 Å². The summed E-state index contributed by atoms with van der Waals surface area (Å²) in [5.74, 6) is -13.9. The van der Waals surface area contributed by atoms with Gasteiger partial charge >= 0.3 is 11.9 Å². The van der Waals surface area contributed by atoms with Gasteiger partial charge in [-0.05, 0) is 99.3 Å². The molecule has 0 unspecified atom stereocenters. The number of carbonyl (C=O) groups excluding carboxylic acids is 10. The van der Waals surface area contributed by atoms with Crippen LogP contribution in [0.4, 0.5) is 0 Å². The van der Waals surface area contributed by atoms with Gasteiger partial charge in [-0.25, -0.2) is 4.79 Å². The van der Waals surface area contributed by atoms with Crippen LogP contribution in [-0.4, -0.2) is 147 Å². The molecule has 0 heterocycles. The van der Waals surface area contributed by atoms with E-state index in [1.54, 1.807) is 55.4 Å². The topological polar surface area (TPSA) is 466 Å². The number of phenols is 1. The second-order valence-corrected chi connectivity index (χ2v) is 20.9. The standard InChI is InChI=1S/C51H84N12O15/c1-25(2)19-34(59-48(74)37(24-41(67)68)61-45(71)33(16-17-39(54)65)56-43(69)31(53)22-29-12-14-30(64)15-13-29)46(72)58-35(20-26(3)4)47(73)60-36(23-40(55)66)49(75)63-42(28(7)8)50(76)57-32(11-9-10-18-52)44(70)62-38(51(77)78)21-27(5)6/h12-15,25-28,31-38,42,64H,9-11,16-24,52-53H2,1-8H3,(H2,54,65)(H2,55,66)(H,56,69)(H,57,76)(H,58,72)(H,59,74)(H,60,73)(H,61,71)(H,62,70)(H,63,75)(H,67,68)(H,77,78)/t31-,32-,33-,34-,35-,36-,37-,38-,42-/m0/s1. The van der Waals surface area contributed by atoms with Crippen LogP contribution in [0.2, 0.25) is 0 Å². The minimum Gasteiger partial charge on any atom is -0.508 e. The average molecular weight is 1110 g/mol. The maximum absolute atomic E-state index is 14.1. The van der Waals surface area contributed by atoms with Crippen LogP contribution < -0.4 is 65.5 Å². The van der Waals surface area contributed by atoms with E-state index in [0.29, 0.717) is 18.4 Å². The number of hydrogen-bond donors (Lipinski definition) is 15. The molecule has 0 spiro atoms. The normalized spacial score (nSPS) is 14.7. The van der Waals surface area contributed by atoms with Gasteiger partial charge in [-0.15, -0.1) is 0 Å². The highest BCUT2D eigenvalue weighted by molar-refractivity contribution is 5.99. The summed E-state index contributed by atoms with van der Waals surface area (Å²) in [7, 11) is 0. The molecular formula is C51H84N12O15. The van der Waals surface area contributed by atoms with E-state index in [1.165, 1.54) is 24.3 Å². The lowest BCUT2D eigenvalue weighted by atomic mass is 9.99. The Bertz CT molecular complexity index is 2230. The molecule has 0 aliphatic carbocycles. The number of carboxylic acids is 2. The van der Waals surface area contributed by atoms with Crippen LogP contribution in [0.5, 0.6) is 5.75 Å². The highest BCUT2D eigenvalue weighted by Crippen LogP contribution is 2.15. The number of hydrogen-bond acceptors (Lipinski definition) is 15. The number of nitrogens with one attached hydrogen (secondary N) is 8. The summed E-state index contributed by atoms with van der Waals surface area (Å²) in [5.41, 5.74) is 23.1. The number of unbranched alkanes of at least 4 members (excludes halogenated alkanes) is 1. The first-order valence-electron chi connectivity index (χ1n) is 26.0. The number of primary amides is 2. The lowest BCUT2D eigenvalue weighted by Crippen LogP contribution is -2.61. The molecule has 27 heteroatoms. The molecule has 0 saturated heterocycles. The van der Waals surface area contributed by atoms with E-state index in [4.69, 9.17) is 22.9 Å². The van der Waals surface area contributed by atoms with E-state index in [-0.39, 0.29) is 68.6 Å². The van der Waals surface area contributed by atoms with Crippen molar-refractivity contribution >= 4 is 71.0 Å². The van der Waals surface area contributed by atoms with Crippen LogP contribution in [0.25, 0.3) is 0 Å². The van der Waals surface area contributed by atoms with E-state index in [9.17, 15) is 72.9 Å². The fourth-order valence-corrected chi connectivity index (χ4v) is 7.88. The third-order valence-corrected chi connectivity index (χ3v) is 11.9. The van der Waals surface area contributed by atoms with Crippen molar-refractivity contribution in [2.75, 3.05) is 6.54 Å². The summed E-state index contributed by atoms with van der Waals surface area (Å²) in [5, 5.41) is 48.8. The Kier molecular flexibility index (Phi) is 30.2. The summed E-state index contributed by atoms with van der Waals surface area (Å²) >= 11 is 0. The van der Waals surface area contributed by atoms with Crippen molar-refractivity contribution in [2.45, 2.75) is 180 Å². The number of carbonyl (C=O) groups is 12. The van der Waals surface area contributed by atoms with Crippen LogP contribution >= 0.6 is 0 Å². The molecule has 0 radical (unpaired) electrons. The van der Waals surface area contributed by atoms with Crippen molar-refractivity contribution in [1.29, 1.82) is 0 Å². The molecule has 0 aliphatic rings. The Balaban J connectivity index is 3.44. The predicted molar refractivity (Wildman–Crippen MR) is 283 cm³/mol. The van der Waals surface area contributed by atoms with Crippen LogP contribution in [0.3, 0.4) is 0 Å². The Labute approximate surface area is 454 Å². The zero-order chi connectivity index (χ0) is 59.6. The lowest BCUT2D eigenvalue weighted by molar-refractivity contribution is -0.143. The number of aromatic hydroxyl groups is 1. The monoisotopic (exact) mass is 1100 g/mol. The fraction of sp³-hybridized carbons (Fsp3) is 0.647. The van der Waals surface area contributed by atoms with Gasteiger partial charge in [0.15, 0.2) is 0 Å². The van der Waals surface area contributed by atoms with Crippen molar-refractivity contribution < 1.29 is 72.9 Å². The first-order chi connectivity index (χ1) is 36.3. The third-order valence-electron chi connectivity index (χ3n) is 11.9. The Hall–Kier alpha value is -7.42. The molecule has 27 nitrogen and oxygen atoms in total. The van der Waals surface area contributed by atoms with Crippen molar-refractivity contribution in [3.63, 3.8) is 0 Å². The van der Waals surface area contributed by atoms with Gasteiger partial charge in [0.2, 0.25) is 59.1 Å². The molecule has 1 aromatic carbocycles. The van der Waals surface area contributed by atoms with E-state index in [2.05, 4.69) is 42.5 Å². The van der Waals surface area contributed by atoms with Gasteiger partial charge in [-0.2, -0.15) is 0 Å². The van der Waals surface area contributed by atoms with Crippen LogP contribution in [0, 0.1) is 23.7 Å². The Morgan fingerprint density at radius 3 is 1.31 bits per heavy atom. The summed E-state index contributed by atoms with van der Waals surface area (Å²) in [6.45, 7) is 13.8. The van der Waals surface area contributed by atoms with Crippen molar-refractivity contribution in [2.24, 2.45) is 46.6 Å². The summed E-state index contributed by atoms with van der Waals surface area (Å²) < 4.78 is 0. The van der Waals surface area contributed by atoms with Gasteiger partial charge in [-0.3, -0.25) is 52.7 Å². The van der Waals surface area contributed by atoms with Crippen molar-refractivity contribution in [1.82, 2.24) is 42.5 Å². The maximum atomic E-state index is 14.1. The van der Waals surface area contributed by atoms with Gasteiger partial charge in [0.05, 0.1) is 18.9 Å². The van der Waals surface area contributed by atoms with Gasteiger partial charge in [-0.1, -0.05) is 67.5 Å². The van der Waals surface area contributed by atoms with E-state index in [0.717, 1.165) is 0 Å². The second kappa shape index (κ2) is 34.4. The summed E-state index contributed by atoms with van der Waals surface area (Å²) in [4.78, 5) is 158. The molecule has 9 atom stereocenters. The van der Waals surface area contributed by atoms with Crippen LogP contribution in [0.15, 0.2) is 24.3 Å². The molecular weight excluding hydrogens is 1020 g/mol. The van der Waals surface area contributed by atoms with E-state index < -0.39 is 151 Å². The first-order valence-corrected chi connectivity index (χ1v) is 26.0. The minimum atomic E-state index is -1.88. The molecule has 19 N–H and O–H groups in total. The zero-order valence-corrected chi connectivity index (χ0v) is 45.9. The number of benzene rings is 1. The van der Waals surface area contributed by atoms with Gasteiger partial charge in [0.25, 0.3) is 0 Å². The molecule has 0 fully saturated rings. The van der Waals surface area contributed by atoms with Crippen molar-refractivity contribution in [3.05, 3.63) is 29.8 Å². The molecule has 0 saturated carbocycles. The SMILES string of the molecule is CC(C)C[C@H](NC(=O)[C@H](CCCCN)NC(=O)[C@@H](NC(=O)[C@H](CC(N)=O)NC(=O)[C@H](CC(C)C)NC(=O)[C@H](CC(C)C)NC(=O)[C@H](CC(=O)O)NC(=O)[C@H](CCC(N)=O)NC(=O)[C@@H](N)Cc1ccc(O)cc1)C(C)C)C(=O)O. The average Bonchev–Trinajstić information content (AvgIpc) is 3.32. The molecule has 0 aliphatic heterocycles. The second-order valence-electron chi connectivity index (χ2n) is 20.9. The first kappa shape index (κ1) is 68.6. The molecule has 438 valence electrons.